The average Bonchev–Trinajstić information content (AvgIpc) is 3.18. The quantitative estimate of drug-likeness (QED) is 0.566. The second-order valence-corrected chi connectivity index (χ2v) is 7.76. The van der Waals surface area contributed by atoms with Crippen molar-refractivity contribution in [3.63, 3.8) is 0 Å². The van der Waals surface area contributed by atoms with Gasteiger partial charge in [0.15, 0.2) is 0 Å². The molecule has 0 bridgehead atoms. The molecule has 0 spiro atoms. The van der Waals surface area contributed by atoms with Crippen molar-refractivity contribution in [3.8, 4) is 0 Å². The Balaban J connectivity index is 1.54. The minimum atomic E-state index is -0.480. The van der Waals surface area contributed by atoms with Gasteiger partial charge in [-0.05, 0) is 55.7 Å². The number of anilines is 2. The van der Waals surface area contributed by atoms with Crippen LogP contribution in [0.3, 0.4) is 0 Å². The predicted molar refractivity (Wildman–Crippen MR) is 114 cm³/mol. The van der Waals surface area contributed by atoms with Crippen LogP contribution in [-0.2, 0) is 0 Å². The largest absolute Gasteiger partial charge is 0.370 e. The van der Waals surface area contributed by atoms with Gasteiger partial charge in [0, 0.05) is 56.7 Å². The molecule has 2 aliphatic heterocycles. The first kappa shape index (κ1) is 20.1. The summed E-state index contributed by atoms with van der Waals surface area (Å²) in [5, 5.41) is 11.5. The normalized spacial score (nSPS) is 17.2. The van der Waals surface area contributed by atoms with E-state index in [-0.39, 0.29) is 23.0 Å². The molecule has 1 amide bonds. The molecular weight excluding hydrogens is 387 g/mol. The molecule has 158 valence electrons. The Morgan fingerprint density at radius 1 is 0.833 bits per heavy atom. The second kappa shape index (κ2) is 8.69. The maximum atomic E-state index is 13.2. The van der Waals surface area contributed by atoms with Gasteiger partial charge in [-0.25, -0.2) is 4.39 Å². The molecule has 2 fully saturated rings. The number of nitro benzene ring substituents is 1. The first-order valence-corrected chi connectivity index (χ1v) is 10.4. The van der Waals surface area contributed by atoms with Gasteiger partial charge in [0.05, 0.1) is 4.92 Å². The van der Waals surface area contributed by atoms with Gasteiger partial charge >= 0.3 is 0 Å². The van der Waals surface area contributed by atoms with Gasteiger partial charge in [0.1, 0.15) is 11.4 Å². The molecule has 7 nitrogen and oxygen atoms in total. The van der Waals surface area contributed by atoms with Gasteiger partial charge in [0.25, 0.3) is 11.6 Å². The summed E-state index contributed by atoms with van der Waals surface area (Å²) in [6.45, 7) is 4.39. The molecule has 2 aromatic carbocycles. The summed E-state index contributed by atoms with van der Waals surface area (Å²) in [7, 11) is 0. The van der Waals surface area contributed by atoms with E-state index in [0.29, 0.717) is 19.6 Å². The van der Waals surface area contributed by atoms with E-state index in [1.807, 2.05) is 0 Å². The lowest BCUT2D eigenvalue weighted by Crippen LogP contribution is -2.31. The zero-order valence-electron chi connectivity index (χ0n) is 16.8. The van der Waals surface area contributed by atoms with Crippen LogP contribution in [0.2, 0.25) is 0 Å². The molecule has 4 rings (SSSR count). The number of hydrogen-bond acceptors (Lipinski definition) is 5. The summed E-state index contributed by atoms with van der Waals surface area (Å²) >= 11 is 0. The van der Waals surface area contributed by atoms with Crippen LogP contribution < -0.4 is 9.80 Å². The van der Waals surface area contributed by atoms with Crippen molar-refractivity contribution < 1.29 is 14.1 Å². The van der Waals surface area contributed by atoms with Crippen molar-refractivity contribution >= 4 is 23.0 Å². The van der Waals surface area contributed by atoms with Crippen molar-refractivity contribution in [1.29, 1.82) is 0 Å². The van der Waals surface area contributed by atoms with E-state index in [1.165, 1.54) is 18.2 Å². The third kappa shape index (κ3) is 4.22. The molecule has 0 aromatic heterocycles. The molecule has 2 aromatic rings. The van der Waals surface area contributed by atoms with Gasteiger partial charge in [-0.2, -0.15) is 0 Å². The molecule has 8 heteroatoms. The number of likely N-dealkylation sites (tertiary alicyclic amines) is 1. The van der Waals surface area contributed by atoms with Gasteiger partial charge in [0.2, 0.25) is 0 Å². The van der Waals surface area contributed by atoms with E-state index < -0.39 is 4.92 Å². The monoisotopic (exact) mass is 412 g/mol. The fourth-order valence-electron chi connectivity index (χ4n) is 4.23. The number of carbonyl (C=O) groups is 1. The van der Waals surface area contributed by atoms with Gasteiger partial charge in [-0.3, -0.25) is 14.9 Å². The van der Waals surface area contributed by atoms with Crippen LogP contribution in [0, 0.1) is 15.9 Å². The first-order valence-electron chi connectivity index (χ1n) is 10.4. The fraction of sp³-hybridized carbons (Fsp3) is 0.409. The first-order chi connectivity index (χ1) is 14.5. The van der Waals surface area contributed by atoms with Gasteiger partial charge < -0.3 is 14.7 Å². The summed E-state index contributed by atoms with van der Waals surface area (Å²) in [6, 6.07) is 11.3. The van der Waals surface area contributed by atoms with E-state index >= 15 is 0 Å². The highest BCUT2D eigenvalue weighted by molar-refractivity contribution is 5.99. The molecule has 0 unspecified atom stereocenters. The highest BCUT2D eigenvalue weighted by atomic mass is 19.1. The number of halogens is 1. The van der Waals surface area contributed by atoms with Gasteiger partial charge in [-0.1, -0.05) is 0 Å². The van der Waals surface area contributed by atoms with E-state index in [4.69, 9.17) is 0 Å². The van der Waals surface area contributed by atoms with Crippen LogP contribution in [0.25, 0.3) is 0 Å². The third-order valence-electron chi connectivity index (χ3n) is 5.85. The number of carbonyl (C=O) groups excluding carboxylic acids is 1. The maximum Gasteiger partial charge on any atom is 0.282 e. The molecule has 0 aliphatic carbocycles. The van der Waals surface area contributed by atoms with Crippen LogP contribution in [-0.4, -0.2) is 55.0 Å². The maximum absolute atomic E-state index is 13.2. The zero-order chi connectivity index (χ0) is 21.1. The van der Waals surface area contributed by atoms with Gasteiger partial charge in [-0.15, -0.1) is 0 Å². The van der Waals surface area contributed by atoms with E-state index in [9.17, 15) is 19.3 Å². The summed E-state index contributed by atoms with van der Waals surface area (Å²) < 4.78 is 13.2. The average molecular weight is 412 g/mol. The van der Waals surface area contributed by atoms with Crippen LogP contribution in [0.4, 0.5) is 21.5 Å². The number of hydrogen-bond donors (Lipinski definition) is 0. The summed E-state index contributed by atoms with van der Waals surface area (Å²) in [5.74, 6) is -0.514. The minimum absolute atomic E-state index is 0.140. The summed E-state index contributed by atoms with van der Waals surface area (Å²) in [6.07, 6.45) is 2.76. The Morgan fingerprint density at radius 2 is 1.43 bits per heavy atom. The number of nitrogens with zero attached hydrogens (tertiary/aromatic N) is 4. The highest BCUT2D eigenvalue weighted by Gasteiger charge is 2.28. The standard InChI is InChI=1S/C22H25FN4O3/c23-17-4-6-18(7-5-17)24-12-3-13-25(15-14-24)19-8-9-21(27(29)30)20(16-19)22(28)26-10-1-2-11-26/h4-9,16H,1-3,10-15H2. The Bertz CT molecular complexity index is 928. The molecule has 0 radical (unpaired) electrons. The van der Waals surface area contributed by atoms with E-state index in [2.05, 4.69) is 9.80 Å². The molecule has 2 heterocycles. The van der Waals surface area contributed by atoms with E-state index in [1.54, 1.807) is 29.2 Å². The fourth-order valence-corrected chi connectivity index (χ4v) is 4.23. The Labute approximate surface area is 174 Å². The second-order valence-electron chi connectivity index (χ2n) is 7.76. The number of nitro groups is 1. The lowest BCUT2D eigenvalue weighted by molar-refractivity contribution is -0.385. The molecule has 2 aliphatic rings. The smallest absolute Gasteiger partial charge is 0.282 e. The zero-order valence-corrected chi connectivity index (χ0v) is 16.8. The Hall–Kier alpha value is -3.16. The van der Waals surface area contributed by atoms with E-state index in [0.717, 1.165) is 50.3 Å². The summed E-state index contributed by atoms with van der Waals surface area (Å²) in [5.41, 5.74) is 1.83. The lowest BCUT2D eigenvalue weighted by Gasteiger charge is -2.25. The number of amides is 1. The molecule has 0 atom stereocenters. The van der Waals surface area contributed by atoms with Crippen molar-refractivity contribution in [2.24, 2.45) is 0 Å². The van der Waals surface area contributed by atoms with Crippen LogP contribution in [0.1, 0.15) is 29.6 Å². The molecule has 0 N–H and O–H groups in total. The van der Waals surface area contributed by atoms with Crippen molar-refractivity contribution in [3.05, 3.63) is 64.0 Å². The van der Waals surface area contributed by atoms with Crippen molar-refractivity contribution in [2.45, 2.75) is 19.3 Å². The van der Waals surface area contributed by atoms with Crippen molar-refractivity contribution in [1.82, 2.24) is 4.90 Å². The Kier molecular flexibility index (Phi) is 5.83. The molecule has 2 saturated heterocycles. The molecular formula is C22H25FN4O3. The number of benzene rings is 2. The Morgan fingerprint density at radius 3 is 2.07 bits per heavy atom. The highest BCUT2D eigenvalue weighted by Crippen LogP contribution is 2.28. The topological polar surface area (TPSA) is 69.9 Å². The molecule has 0 saturated carbocycles. The van der Waals surface area contributed by atoms with Crippen LogP contribution in [0.5, 0.6) is 0 Å². The number of rotatable bonds is 4. The molecule has 30 heavy (non-hydrogen) atoms. The van der Waals surface area contributed by atoms with Crippen LogP contribution >= 0.6 is 0 Å². The van der Waals surface area contributed by atoms with Crippen LogP contribution in [0.15, 0.2) is 42.5 Å². The third-order valence-corrected chi connectivity index (χ3v) is 5.85. The van der Waals surface area contributed by atoms with Crippen molar-refractivity contribution in [2.75, 3.05) is 49.1 Å². The summed E-state index contributed by atoms with van der Waals surface area (Å²) in [4.78, 5) is 30.0. The minimum Gasteiger partial charge on any atom is -0.370 e. The SMILES string of the molecule is O=C(c1cc(N2CCCN(c3ccc(F)cc3)CC2)ccc1[N+](=O)[O-])N1CCCC1. The predicted octanol–water partition coefficient (Wildman–Crippen LogP) is 3.69. The lowest BCUT2D eigenvalue weighted by atomic mass is 10.1.